The summed E-state index contributed by atoms with van der Waals surface area (Å²) in [5.74, 6) is -0.0122. The van der Waals surface area contributed by atoms with E-state index in [0.29, 0.717) is 25.9 Å². The number of anilines is 1. The van der Waals surface area contributed by atoms with Gasteiger partial charge in [-0.1, -0.05) is 0 Å². The van der Waals surface area contributed by atoms with Crippen molar-refractivity contribution in [3.63, 3.8) is 0 Å². The monoisotopic (exact) mass is 546 g/mol. The number of benzene rings is 1. The van der Waals surface area contributed by atoms with Gasteiger partial charge in [0.1, 0.15) is 6.10 Å². The molecule has 9 heteroatoms. The maximum Gasteiger partial charge on any atom is 0.312 e. The van der Waals surface area contributed by atoms with Crippen molar-refractivity contribution >= 4 is 45.3 Å². The molecule has 0 bridgehead atoms. The molecule has 3 aliphatic rings. The molecule has 7 nitrogen and oxygen atoms in total. The van der Waals surface area contributed by atoms with Crippen molar-refractivity contribution in [1.82, 2.24) is 9.80 Å². The SMILES string of the molecule is O=C1O[C@H](CCN2CCN(c3ccc(I)cc3)CC2)CC12CCN(CS(=O)[O-])CC2. The number of cyclic esters (lactones) is 1. The van der Waals surface area contributed by atoms with Crippen LogP contribution in [0.2, 0.25) is 0 Å². The van der Waals surface area contributed by atoms with Crippen LogP contribution in [0.3, 0.4) is 0 Å². The van der Waals surface area contributed by atoms with Gasteiger partial charge in [-0.15, -0.1) is 0 Å². The highest BCUT2D eigenvalue weighted by molar-refractivity contribution is 14.1. The summed E-state index contributed by atoms with van der Waals surface area (Å²) in [4.78, 5) is 19.4. The van der Waals surface area contributed by atoms with E-state index >= 15 is 0 Å². The zero-order valence-electron chi connectivity index (χ0n) is 17.1. The molecule has 0 aromatic heterocycles. The Morgan fingerprint density at radius 3 is 2.37 bits per heavy atom. The van der Waals surface area contributed by atoms with Gasteiger partial charge in [0.05, 0.1) is 11.3 Å². The number of nitrogens with zero attached hydrogens (tertiary/aromatic N) is 3. The van der Waals surface area contributed by atoms with Gasteiger partial charge in [-0.3, -0.25) is 18.8 Å². The lowest BCUT2D eigenvalue weighted by Crippen LogP contribution is -2.47. The molecule has 0 saturated carbocycles. The Kier molecular flexibility index (Phi) is 7.34. The van der Waals surface area contributed by atoms with E-state index in [1.165, 1.54) is 9.26 Å². The van der Waals surface area contributed by atoms with Crippen LogP contribution in [0.25, 0.3) is 0 Å². The van der Waals surface area contributed by atoms with Crippen LogP contribution in [0.4, 0.5) is 5.69 Å². The second kappa shape index (κ2) is 9.81. The topological polar surface area (TPSA) is 76.2 Å². The van der Waals surface area contributed by atoms with Crippen molar-refractivity contribution in [3.05, 3.63) is 27.8 Å². The highest BCUT2D eigenvalue weighted by Crippen LogP contribution is 2.43. The predicted octanol–water partition coefficient (Wildman–Crippen LogP) is 2.04. The van der Waals surface area contributed by atoms with Crippen molar-refractivity contribution in [2.24, 2.45) is 5.41 Å². The molecule has 1 aromatic carbocycles. The standard InChI is InChI=1S/C21H30IN3O4S/c22-17-1-3-18(4-2-17)25-13-11-23(12-14-25)8-5-19-15-21(20(26)29-19)6-9-24(10-7-21)16-30(27)28/h1-4,19H,5-16H2,(H,27,28)/p-1/t19-/m1/s1. The van der Waals surface area contributed by atoms with E-state index in [1.54, 1.807) is 0 Å². The average Bonchev–Trinajstić information content (AvgIpc) is 3.04. The lowest BCUT2D eigenvalue weighted by atomic mass is 9.76. The summed E-state index contributed by atoms with van der Waals surface area (Å²) >= 11 is 0.267. The van der Waals surface area contributed by atoms with E-state index in [0.717, 1.165) is 45.6 Å². The summed E-state index contributed by atoms with van der Waals surface area (Å²) in [6.45, 7) is 6.35. The highest BCUT2D eigenvalue weighted by atomic mass is 127. The first-order valence-corrected chi connectivity index (χ1v) is 13.0. The maximum atomic E-state index is 12.6. The van der Waals surface area contributed by atoms with E-state index < -0.39 is 16.5 Å². The van der Waals surface area contributed by atoms with Gasteiger partial charge in [-0.25, -0.2) is 0 Å². The molecule has 0 aliphatic carbocycles. The number of carbonyl (C=O) groups excluding carboxylic acids is 1. The minimum atomic E-state index is -2.06. The Morgan fingerprint density at radius 2 is 1.73 bits per heavy atom. The van der Waals surface area contributed by atoms with Crippen molar-refractivity contribution in [3.8, 4) is 0 Å². The number of hydrogen-bond acceptors (Lipinski definition) is 7. The van der Waals surface area contributed by atoms with Gasteiger partial charge < -0.3 is 14.2 Å². The van der Waals surface area contributed by atoms with E-state index in [2.05, 4.69) is 56.7 Å². The third-order valence-corrected chi connectivity index (χ3v) is 8.05. The number of likely N-dealkylation sites (tertiary alicyclic amines) is 1. The number of halogens is 1. The van der Waals surface area contributed by atoms with Crippen molar-refractivity contribution < 1.29 is 18.3 Å². The summed E-state index contributed by atoms with van der Waals surface area (Å²) in [7, 11) is 0. The van der Waals surface area contributed by atoms with E-state index in [-0.39, 0.29) is 18.0 Å². The first kappa shape index (κ1) is 22.4. The zero-order valence-corrected chi connectivity index (χ0v) is 20.1. The minimum Gasteiger partial charge on any atom is -0.771 e. The number of rotatable bonds is 6. The van der Waals surface area contributed by atoms with Crippen LogP contribution in [-0.4, -0.2) is 82.3 Å². The third-order valence-electron chi connectivity index (χ3n) is 6.76. The number of ether oxygens (including phenoxy) is 1. The molecule has 3 fully saturated rings. The van der Waals surface area contributed by atoms with Gasteiger partial charge in [0.15, 0.2) is 0 Å². The lowest BCUT2D eigenvalue weighted by Gasteiger charge is -2.37. The van der Waals surface area contributed by atoms with E-state index in [9.17, 15) is 13.6 Å². The van der Waals surface area contributed by atoms with Crippen LogP contribution < -0.4 is 4.90 Å². The first-order valence-electron chi connectivity index (χ1n) is 10.7. The van der Waals surface area contributed by atoms with Gasteiger partial charge in [0.2, 0.25) is 0 Å². The first-order chi connectivity index (χ1) is 14.4. The Labute approximate surface area is 194 Å². The second-order valence-electron chi connectivity index (χ2n) is 8.66. The molecule has 3 aliphatic heterocycles. The summed E-state index contributed by atoms with van der Waals surface area (Å²) in [6.07, 6.45) is 3.06. The molecule has 1 aromatic rings. The highest BCUT2D eigenvalue weighted by Gasteiger charge is 2.50. The molecular formula is C21H29IN3O4S-. The number of hydrogen-bond donors (Lipinski definition) is 0. The summed E-state index contributed by atoms with van der Waals surface area (Å²) in [5.41, 5.74) is 0.892. The maximum absolute atomic E-state index is 12.6. The fourth-order valence-corrected chi connectivity index (χ4v) is 5.79. The molecule has 166 valence electrons. The number of piperazine rings is 1. The average molecular weight is 546 g/mol. The fourth-order valence-electron chi connectivity index (χ4n) is 4.87. The molecule has 3 saturated heterocycles. The van der Waals surface area contributed by atoms with Crippen LogP contribution in [0.1, 0.15) is 25.7 Å². The Bertz CT molecular complexity index is 762. The normalized spacial score (nSPS) is 26.1. The molecule has 0 radical (unpaired) electrons. The summed E-state index contributed by atoms with van der Waals surface area (Å²) < 4.78 is 28.8. The van der Waals surface area contributed by atoms with Gasteiger partial charge in [-0.2, -0.15) is 0 Å². The molecule has 2 atom stereocenters. The van der Waals surface area contributed by atoms with Crippen LogP contribution in [0, 0.1) is 8.99 Å². The quantitative estimate of drug-likeness (QED) is 0.307. The molecule has 4 rings (SSSR count). The van der Waals surface area contributed by atoms with E-state index in [4.69, 9.17) is 4.74 Å². The minimum absolute atomic E-state index is 0.00748. The smallest absolute Gasteiger partial charge is 0.312 e. The number of carbonyl (C=O) groups is 1. The largest absolute Gasteiger partial charge is 0.771 e. The summed E-state index contributed by atoms with van der Waals surface area (Å²) in [6, 6.07) is 8.68. The van der Waals surface area contributed by atoms with Crippen molar-refractivity contribution in [2.45, 2.75) is 31.8 Å². The Morgan fingerprint density at radius 1 is 1.07 bits per heavy atom. The van der Waals surface area contributed by atoms with Crippen LogP contribution in [-0.2, 0) is 20.6 Å². The van der Waals surface area contributed by atoms with Gasteiger partial charge >= 0.3 is 5.97 Å². The third kappa shape index (κ3) is 5.35. The molecule has 3 heterocycles. The zero-order chi connectivity index (χ0) is 21.1. The van der Waals surface area contributed by atoms with Crippen LogP contribution in [0.15, 0.2) is 24.3 Å². The molecular weight excluding hydrogens is 517 g/mol. The second-order valence-corrected chi connectivity index (χ2v) is 10.8. The lowest BCUT2D eigenvalue weighted by molar-refractivity contribution is -0.150. The Hall–Kier alpha value is -0.750. The van der Waals surface area contributed by atoms with Crippen molar-refractivity contribution in [2.75, 3.05) is 56.6 Å². The van der Waals surface area contributed by atoms with E-state index in [1.807, 2.05) is 4.90 Å². The van der Waals surface area contributed by atoms with Crippen LogP contribution >= 0.6 is 22.6 Å². The summed E-state index contributed by atoms with van der Waals surface area (Å²) in [5, 5.41) is 0. The molecule has 1 spiro atoms. The molecule has 30 heavy (non-hydrogen) atoms. The number of esters is 1. The fraction of sp³-hybridized carbons (Fsp3) is 0.667. The number of piperidine rings is 1. The van der Waals surface area contributed by atoms with Gasteiger partial charge in [0, 0.05) is 61.5 Å². The van der Waals surface area contributed by atoms with Crippen molar-refractivity contribution in [1.29, 1.82) is 0 Å². The van der Waals surface area contributed by atoms with Gasteiger partial charge in [0.25, 0.3) is 0 Å². The molecule has 0 N–H and O–H groups in total. The van der Waals surface area contributed by atoms with Crippen LogP contribution in [0.5, 0.6) is 0 Å². The predicted molar refractivity (Wildman–Crippen MR) is 124 cm³/mol. The Balaban J connectivity index is 1.21. The van der Waals surface area contributed by atoms with Gasteiger partial charge in [-0.05, 0) is 77.2 Å². The molecule has 0 amide bonds. The molecule has 1 unspecified atom stereocenters.